The van der Waals surface area contributed by atoms with Gasteiger partial charge in [0.15, 0.2) is 0 Å². The molecule has 0 spiro atoms. The second-order valence-corrected chi connectivity index (χ2v) is 8.17. The summed E-state index contributed by atoms with van der Waals surface area (Å²) in [4.78, 5) is 13.6. The van der Waals surface area contributed by atoms with Crippen molar-refractivity contribution in [1.82, 2.24) is 4.90 Å². The number of hydrogen-bond acceptors (Lipinski definition) is 3. The van der Waals surface area contributed by atoms with E-state index in [1.807, 2.05) is 19.1 Å². The van der Waals surface area contributed by atoms with Crippen LogP contribution in [0.15, 0.2) is 24.3 Å². The molecule has 1 saturated heterocycles. The number of hydrogen-bond donors (Lipinski definition) is 0. The van der Waals surface area contributed by atoms with E-state index in [0.717, 1.165) is 5.56 Å². The van der Waals surface area contributed by atoms with Crippen LogP contribution in [0.2, 0.25) is 5.02 Å². The molecule has 0 bridgehead atoms. The Morgan fingerprint density at radius 3 is 2.40 bits per heavy atom. The summed E-state index contributed by atoms with van der Waals surface area (Å²) in [7, 11) is 1.65. The second-order valence-electron chi connectivity index (χ2n) is 4.82. The molecule has 4 nitrogen and oxygen atoms in total. The van der Waals surface area contributed by atoms with E-state index in [-0.39, 0.29) is 24.9 Å². The lowest BCUT2D eigenvalue weighted by Crippen LogP contribution is -2.31. The van der Waals surface area contributed by atoms with Crippen LogP contribution in [0.1, 0.15) is 31.4 Å². The number of carbonyl (C=O) groups excluding carboxylic acids is 1. The summed E-state index contributed by atoms with van der Waals surface area (Å²) in [6, 6.07) is 7.08. The van der Waals surface area contributed by atoms with E-state index in [0.29, 0.717) is 11.4 Å². The van der Waals surface area contributed by atoms with Gasteiger partial charge in [-0.1, -0.05) is 30.7 Å². The average molecular weight is 336 g/mol. The monoisotopic (exact) mass is 335 g/mol. The molecule has 1 aliphatic rings. The Balaban J connectivity index is 2.24. The first-order chi connectivity index (χ1) is 9.32. The minimum atomic E-state index is -3.71. The fourth-order valence-electron chi connectivity index (χ4n) is 2.51. The topological polar surface area (TPSA) is 54.5 Å². The van der Waals surface area contributed by atoms with Gasteiger partial charge >= 0.3 is 0 Å². The van der Waals surface area contributed by atoms with Gasteiger partial charge in [-0.05, 0) is 24.1 Å². The molecular weight excluding hydrogens is 321 g/mol. The van der Waals surface area contributed by atoms with Crippen molar-refractivity contribution in [3.63, 3.8) is 0 Å². The second kappa shape index (κ2) is 5.92. The highest BCUT2D eigenvalue weighted by atomic mass is 35.7. The number of halogens is 2. The van der Waals surface area contributed by atoms with E-state index >= 15 is 0 Å². The first-order valence-electron chi connectivity index (χ1n) is 6.31. The quantitative estimate of drug-likeness (QED) is 0.795. The van der Waals surface area contributed by atoms with Gasteiger partial charge in [0.2, 0.25) is 15.0 Å². The Morgan fingerprint density at radius 1 is 1.35 bits per heavy atom. The molecule has 1 heterocycles. The van der Waals surface area contributed by atoms with Crippen LogP contribution in [0.25, 0.3) is 0 Å². The van der Waals surface area contributed by atoms with E-state index in [1.54, 1.807) is 17.0 Å². The summed E-state index contributed by atoms with van der Waals surface area (Å²) < 4.78 is 22.8. The van der Waals surface area contributed by atoms with Crippen molar-refractivity contribution >= 4 is 37.2 Å². The van der Waals surface area contributed by atoms with Gasteiger partial charge in [0.05, 0.1) is 6.04 Å². The molecule has 1 fully saturated rings. The molecule has 0 aromatic heterocycles. The van der Waals surface area contributed by atoms with Crippen LogP contribution in [0, 0.1) is 0 Å². The van der Waals surface area contributed by atoms with Crippen molar-refractivity contribution in [2.75, 3.05) is 6.54 Å². The van der Waals surface area contributed by atoms with E-state index in [4.69, 9.17) is 22.3 Å². The van der Waals surface area contributed by atoms with E-state index in [9.17, 15) is 13.2 Å². The molecule has 0 saturated carbocycles. The number of likely N-dealkylation sites (tertiary alicyclic amines) is 1. The number of benzene rings is 1. The highest BCUT2D eigenvalue weighted by molar-refractivity contribution is 8.14. The molecule has 0 aliphatic carbocycles. The lowest BCUT2D eigenvalue weighted by atomic mass is 10.0. The minimum absolute atomic E-state index is 0.0457. The molecule has 110 valence electrons. The Hall–Kier alpha value is -0.780. The summed E-state index contributed by atoms with van der Waals surface area (Å²) in [5, 5.41) is -0.199. The summed E-state index contributed by atoms with van der Waals surface area (Å²) in [5.41, 5.74) is 0.942. The largest absolute Gasteiger partial charge is 0.334 e. The predicted octanol–water partition coefficient (Wildman–Crippen LogP) is 2.96. The highest BCUT2D eigenvalue weighted by Crippen LogP contribution is 2.32. The van der Waals surface area contributed by atoms with Gasteiger partial charge < -0.3 is 4.90 Å². The molecule has 2 unspecified atom stereocenters. The molecular formula is C13H15Cl2NO3S. The maximum Gasteiger partial charge on any atom is 0.237 e. The Kier molecular flexibility index (Phi) is 4.62. The molecule has 1 aromatic rings. The molecule has 0 N–H and O–H groups in total. The van der Waals surface area contributed by atoms with E-state index < -0.39 is 14.3 Å². The molecule has 1 amide bonds. The average Bonchev–Trinajstić information content (AvgIpc) is 2.75. The lowest BCUT2D eigenvalue weighted by molar-refractivity contribution is -0.129. The van der Waals surface area contributed by atoms with Gasteiger partial charge in [0.1, 0.15) is 5.25 Å². The molecule has 1 aromatic carbocycles. The van der Waals surface area contributed by atoms with Gasteiger partial charge in [-0.2, -0.15) is 0 Å². The fourth-order valence-corrected chi connectivity index (χ4v) is 3.67. The van der Waals surface area contributed by atoms with Crippen molar-refractivity contribution in [1.29, 1.82) is 0 Å². The van der Waals surface area contributed by atoms with Crippen LogP contribution in [-0.2, 0) is 13.8 Å². The van der Waals surface area contributed by atoms with Crippen molar-refractivity contribution in [3.05, 3.63) is 34.9 Å². The molecule has 7 heteroatoms. The first-order valence-corrected chi connectivity index (χ1v) is 9.06. The molecule has 1 aliphatic heterocycles. The molecule has 2 atom stereocenters. The van der Waals surface area contributed by atoms with Crippen molar-refractivity contribution in [3.8, 4) is 0 Å². The third-order valence-electron chi connectivity index (χ3n) is 3.54. The minimum Gasteiger partial charge on any atom is -0.334 e. The van der Waals surface area contributed by atoms with Crippen LogP contribution < -0.4 is 0 Å². The summed E-state index contributed by atoms with van der Waals surface area (Å²) in [6.07, 6.45) is 0.651. The zero-order valence-electron chi connectivity index (χ0n) is 10.9. The normalized spacial score (nSPS) is 21.2. The SMILES string of the molecule is CCC(c1ccc(Cl)cc1)N1CC(S(=O)(=O)Cl)CC1=O. The van der Waals surface area contributed by atoms with Gasteiger partial charge in [-0.25, -0.2) is 8.42 Å². The van der Waals surface area contributed by atoms with E-state index in [1.165, 1.54) is 0 Å². The first kappa shape index (κ1) is 15.6. The van der Waals surface area contributed by atoms with Crippen LogP contribution >= 0.6 is 22.3 Å². The van der Waals surface area contributed by atoms with Crippen molar-refractivity contribution in [2.24, 2.45) is 0 Å². The fraction of sp³-hybridized carbons (Fsp3) is 0.462. The van der Waals surface area contributed by atoms with Crippen LogP contribution in [0.4, 0.5) is 0 Å². The van der Waals surface area contributed by atoms with Crippen LogP contribution in [0.3, 0.4) is 0 Å². The molecule has 2 rings (SSSR count). The number of carbonyl (C=O) groups is 1. The summed E-state index contributed by atoms with van der Waals surface area (Å²) >= 11 is 5.85. The molecule has 0 radical (unpaired) electrons. The predicted molar refractivity (Wildman–Crippen MR) is 79.4 cm³/mol. The van der Waals surface area contributed by atoms with E-state index in [2.05, 4.69) is 0 Å². The maximum atomic E-state index is 12.0. The Morgan fingerprint density at radius 2 is 1.95 bits per heavy atom. The van der Waals surface area contributed by atoms with Crippen LogP contribution in [-0.4, -0.2) is 31.0 Å². The smallest absolute Gasteiger partial charge is 0.237 e. The Bertz CT molecular complexity index is 601. The van der Waals surface area contributed by atoms with Crippen molar-refractivity contribution in [2.45, 2.75) is 31.1 Å². The summed E-state index contributed by atoms with van der Waals surface area (Å²) in [5.74, 6) is -0.180. The lowest BCUT2D eigenvalue weighted by Gasteiger charge is -2.27. The number of amides is 1. The number of nitrogens with zero attached hydrogens (tertiary/aromatic N) is 1. The van der Waals surface area contributed by atoms with Gasteiger partial charge in [-0.3, -0.25) is 4.79 Å². The highest BCUT2D eigenvalue weighted by Gasteiger charge is 2.40. The maximum absolute atomic E-state index is 12.0. The van der Waals surface area contributed by atoms with Crippen molar-refractivity contribution < 1.29 is 13.2 Å². The van der Waals surface area contributed by atoms with Gasteiger partial charge in [0, 0.05) is 28.7 Å². The Labute approximate surface area is 128 Å². The zero-order valence-corrected chi connectivity index (χ0v) is 13.2. The van der Waals surface area contributed by atoms with Crippen LogP contribution in [0.5, 0.6) is 0 Å². The standard InChI is InChI=1S/C13H15Cl2NO3S/c1-2-12(9-3-5-10(14)6-4-9)16-8-11(7-13(16)17)20(15,18)19/h3-6,11-12H,2,7-8H2,1H3. The zero-order chi connectivity index (χ0) is 14.9. The third kappa shape index (κ3) is 3.27. The van der Waals surface area contributed by atoms with Gasteiger partial charge in [-0.15, -0.1) is 0 Å². The summed E-state index contributed by atoms with van der Waals surface area (Å²) in [6.45, 7) is 2.10. The number of rotatable bonds is 4. The van der Waals surface area contributed by atoms with Gasteiger partial charge in [0.25, 0.3) is 0 Å². The third-order valence-corrected chi connectivity index (χ3v) is 5.66. The molecule has 20 heavy (non-hydrogen) atoms.